The fourth-order valence-electron chi connectivity index (χ4n) is 4.65. The number of fused-ring (bicyclic) bond motifs is 1. The van der Waals surface area contributed by atoms with E-state index in [-0.39, 0.29) is 11.6 Å². The van der Waals surface area contributed by atoms with Gasteiger partial charge in [0.05, 0.1) is 19.2 Å². The zero-order valence-corrected chi connectivity index (χ0v) is 27.0. The van der Waals surface area contributed by atoms with Gasteiger partial charge in [-0.15, -0.1) is 0 Å². The van der Waals surface area contributed by atoms with Crippen LogP contribution in [0.1, 0.15) is 90.2 Å². The number of carboxylic acid groups (broad SMARTS) is 1. The Labute approximate surface area is 251 Å². The van der Waals surface area contributed by atoms with E-state index < -0.39 is 17.7 Å². The molecule has 7 heteroatoms. The van der Waals surface area contributed by atoms with Gasteiger partial charge in [-0.25, -0.2) is 9.37 Å². The molecule has 0 saturated heterocycles. The van der Waals surface area contributed by atoms with Crippen LogP contribution < -0.4 is 9.47 Å². The number of hydrogen-bond acceptors (Lipinski definition) is 5. The van der Waals surface area contributed by atoms with Crippen LogP contribution in [0.15, 0.2) is 48.7 Å². The topological polar surface area (TPSA) is 71.9 Å². The second-order valence-electron chi connectivity index (χ2n) is 11.2. The first kappa shape index (κ1) is 34.7. The molecule has 0 amide bonds. The number of aryl methyl sites for hydroxylation is 1. The fourth-order valence-corrected chi connectivity index (χ4v) is 4.65. The van der Waals surface area contributed by atoms with E-state index in [1.807, 2.05) is 58.0 Å². The molecule has 3 aromatic rings. The van der Waals surface area contributed by atoms with Crippen molar-refractivity contribution >= 4 is 5.97 Å². The van der Waals surface area contributed by atoms with Gasteiger partial charge in [-0.2, -0.15) is 0 Å². The number of carboxylic acids is 1. The number of ether oxygens (including phenoxy) is 2. The van der Waals surface area contributed by atoms with Crippen molar-refractivity contribution in [2.75, 3.05) is 14.2 Å². The molecule has 0 saturated carbocycles. The van der Waals surface area contributed by atoms with Crippen molar-refractivity contribution in [1.82, 2.24) is 9.88 Å². The van der Waals surface area contributed by atoms with Gasteiger partial charge in [0.25, 0.3) is 0 Å². The molecule has 1 unspecified atom stereocenters. The van der Waals surface area contributed by atoms with Crippen LogP contribution in [0.4, 0.5) is 4.39 Å². The molecule has 1 aromatic heterocycles. The van der Waals surface area contributed by atoms with Crippen molar-refractivity contribution in [1.29, 1.82) is 0 Å². The van der Waals surface area contributed by atoms with E-state index in [1.54, 1.807) is 13.0 Å². The zero-order chi connectivity index (χ0) is 31.6. The Morgan fingerprint density at radius 3 is 2.43 bits per heavy atom. The quantitative estimate of drug-likeness (QED) is 0.288. The number of aliphatic carboxylic acids is 1. The number of aromatic nitrogens is 1. The van der Waals surface area contributed by atoms with Crippen molar-refractivity contribution in [2.24, 2.45) is 5.92 Å². The largest absolute Gasteiger partial charge is 0.485 e. The summed E-state index contributed by atoms with van der Waals surface area (Å²) in [7, 11) is 3.58. The van der Waals surface area contributed by atoms with Crippen molar-refractivity contribution in [3.05, 3.63) is 76.7 Å². The zero-order valence-electron chi connectivity index (χ0n) is 27.0. The first-order valence-electron chi connectivity index (χ1n) is 15.0. The number of nitrogens with zero attached hydrogens (tertiary/aromatic N) is 2. The smallest absolute Gasteiger partial charge is 0.306 e. The number of benzene rings is 2. The first-order chi connectivity index (χ1) is 20.0. The van der Waals surface area contributed by atoms with Crippen LogP contribution in [0, 0.1) is 11.7 Å². The van der Waals surface area contributed by atoms with Crippen molar-refractivity contribution in [3.63, 3.8) is 0 Å². The van der Waals surface area contributed by atoms with Crippen LogP contribution in [0.25, 0.3) is 11.1 Å². The van der Waals surface area contributed by atoms with Gasteiger partial charge in [-0.05, 0) is 81.0 Å². The summed E-state index contributed by atoms with van der Waals surface area (Å²) in [6.07, 6.45) is 3.19. The summed E-state index contributed by atoms with van der Waals surface area (Å²) >= 11 is 0. The standard InChI is InChI=1S/C31H37FN2O4.2C2H6/c1-19(30(35)36)13-20-7-8-21-10-12-27(38-28(21)14-20)22-9-11-24(23(15-22)18-34(5)31(2,3)4)25-16-29(37-6)33-17-26(25)32;2*1-2/h7-9,11,14-17,19,27H,10,12-13,18H2,1-6H3,(H,35,36);2*1-2H3/t19-,27?;;/m1../s1. The van der Waals surface area contributed by atoms with Crippen LogP contribution in [-0.2, 0) is 24.2 Å². The lowest BCUT2D eigenvalue weighted by Crippen LogP contribution is -2.37. The van der Waals surface area contributed by atoms with E-state index in [0.29, 0.717) is 24.4 Å². The maximum atomic E-state index is 14.9. The molecule has 2 heterocycles. The second-order valence-corrected chi connectivity index (χ2v) is 11.2. The molecule has 0 radical (unpaired) electrons. The molecule has 1 N–H and O–H groups in total. The molecule has 0 aliphatic carbocycles. The number of rotatable bonds is 8. The van der Waals surface area contributed by atoms with Crippen LogP contribution in [-0.4, -0.2) is 40.7 Å². The summed E-state index contributed by atoms with van der Waals surface area (Å²) in [6.45, 7) is 16.8. The van der Waals surface area contributed by atoms with E-state index in [2.05, 4.69) is 43.8 Å². The fraction of sp³-hybridized carbons (Fsp3) is 0.486. The SMILES string of the molecule is CC.CC.COc1cc(-c2ccc(C3CCc4ccc(C[C@@H](C)C(=O)O)cc4O3)cc2CN(C)C(C)(C)C)c(F)cn1. The third-order valence-electron chi connectivity index (χ3n) is 7.42. The normalized spacial score (nSPS) is 14.8. The van der Waals surface area contributed by atoms with Gasteiger partial charge in [-0.1, -0.05) is 65.0 Å². The van der Waals surface area contributed by atoms with Crippen molar-refractivity contribution in [3.8, 4) is 22.8 Å². The Bertz CT molecular complexity index is 1320. The van der Waals surface area contributed by atoms with Crippen LogP contribution >= 0.6 is 0 Å². The van der Waals surface area contributed by atoms with Gasteiger partial charge >= 0.3 is 5.97 Å². The van der Waals surface area contributed by atoms with Crippen molar-refractivity contribution < 1.29 is 23.8 Å². The Kier molecular flexibility index (Phi) is 13.0. The molecule has 0 bridgehead atoms. The minimum Gasteiger partial charge on any atom is -0.485 e. The van der Waals surface area contributed by atoms with E-state index in [4.69, 9.17) is 9.47 Å². The second kappa shape index (κ2) is 15.7. The Morgan fingerprint density at radius 2 is 1.81 bits per heavy atom. The van der Waals surface area contributed by atoms with Gasteiger partial charge in [0.2, 0.25) is 5.88 Å². The molecule has 0 fully saturated rings. The highest BCUT2D eigenvalue weighted by atomic mass is 19.1. The summed E-state index contributed by atoms with van der Waals surface area (Å²) in [5.41, 5.74) is 5.27. The average Bonchev–Trinajstić information content (AvgIpc) is 2.98. The van der Waals surface area contributed by atoms with E-state index in [1.165, 1.54) is 13.3 Å². The summed E-state index contributed by atoms with van der Waals surface area (Å²) in [6, 6.07) is 13.7. The highest BCUT2D eigenvalue weighted by Crippen LogP contribution is 2.38. The molecule has 1 aliphatic rings. The third kappa shape index (κ3) is 8.78. The number of methoxy groups -OCH3 is 1. The maximum Gasteiger partial charge on any atom is 0.306 e. The molecule has 2 atom stereocenters. The van der Waals surface area contributed by atoms with Crippen molar-refractivity contribution in [2.45, 2.75) is 92.8 Å². The lowest BCUT2D eigenvalue weighted by atomic mass is 9.91. The van der Waals surface area contributed by atoms with E-state index in [0.717, 1.165) is 46.4 Å². The minimum atomic E-state index is -0.808. The van der Waals surface area contributed by atoms with E-state index in [9.17, 15) is 14.3 Å². The molecule has 0 spiro atoms. The molecule has 230 valence electrons. The van der Waals surface area contributed by atoms with Gasteiger partial charge in [-0.3, -0.25) is 9.69 Å². The Hall–Kier alpha value is -3.45. The molecular formula is C35H49FN2O4. The lowest BCUT2D eigenvalue weighted by molar-refractivity contribution is -0.141. The Balaban J connectivity index is 0.00000148. The van der Waals surface area contributed by atoms with Crippen LogP contribution in [0.2, 0.25) is 0 Å². The first-order valence-corrected chi connectivity index (χ1v) is 15.0. The molecule has 6 nitrogen and oxygen atoms in total. The molecular weight excluding hydrogens is 531 g/mol. The van der Waals surface area contributed by atoms with Gasteiger partial charge in [0.15, 0.2) is 0 Å². The maximum absolute atomic E-state index is 14.9. The predicted octanol–water partition coefficient (Wildman–Crippen LogP) is 8.51. The number of pyridine rings is 1. The van der Waals surface area contributed by atoms with Gasteiger partial charge in [0, 0.05) is 23.7 Å². The molecule has 42 heavy (non-hydrogen) atoms. The summed E-state index contributed by atoms with van der Waals surface area (Å²) in [5, 5.41) is 9.29. The monoisotopic (exact) mass is 580 g/mol. The van der Waals surface area contributed by atoms with Gasteiger partial charge < -0.3 is 14.6 Å². The number of halogens is 1. The summed E-state index contributed by atoms with van der Waals surface area (Å²) in [4.78, 5) is 17.6. The molecule has 4 rings (SSSR count). The summed E-state index contributed by atoms with van der Waals surface area (Å²) in [5.74, 6) is -0.504. The highest BCUT2D eigenvalue weighted by Gasteiger charge is 2.25. The van der Waals surface area contributed by atoms with Gasteiger partial charge in [0.1, 0.15) is 17.7 Å². The lowest BCUT2D eigenvalue weighted by Gasteiger charge is -2.33. The van der Waals surface area contributed by atoms with Crippen LogP contribution in [0.5, 0.6) is 11.6 Å². The average molecular weight is 581 g/mol. The minimum absolute atomic E-state index is 0.0779. The highest BCUT2D eigenvalue weighted by molar-refractivity contribution is 5.70. The number of carbonyl (C=O) groups is 1. The Morgan fingerprint density at radius 1 is 1.12 bits per heavy atom. The summed E-state index contributed by atoms with van der Waals surface area (Å²) < 4.78 is 26.7. The third-order valence-corrected chi connectivity index (χ3v) is 7.42. The molecule has 1 aliphatic heterocycles. The molecule has 2 aromatic carbocycles. The van der Waals surface area contributed by atoms with Crippen LogP contribution in [0.3, 0.4) is 0 Å². The van der Waals surface area contributed by atoms with E-state index >= 15 is 0 Å². The number of hydrogen-bond donors (Lipinski definition) is 1. The predicted molar refractivity (Wildman–Crippen MR) is 169 cm³/mol.